The highest BCUT2D eigenvalue weighted by molar-refractivity contribution is 5.96. The van der Waals surface area contributed by atoms with Gasteiger partial charge in [-0.25, -0.2) is 4.79 Å². The van der Waals surface area contributed by atoms with E-state index in [1.165, 1.54) is 13.0 Å². The highest BCUT2D eigenvalue weighted by Gasteiger charge is 2.17. The third-order valence-electron chi connectivity index (χ3n) is 3.98. The normalized spacial score (nSPS) is 13.4. The van der Waals surface area contributed by atoms with E-state index in [1.807, 2.05) is 0 Å². The molecule has 1 aliphatic rings. The van der Waals surface area contributed by atoms with Gasteiger partial charge in [-0.3, -0.25) is 20.4 Å². The van der Waals surface area contributed by atoms with Gasteiger partial charge in [-0.15, -0.1) is 0 Å². The average molecular weight is 396 g/mol. The van der Waals surface area contributed by atoms with Gasteiger partial charge in [0.25, 0.3) is 11.8 Å². The maximum Gasteiger partial charge on any atom is 0.331 e. The first-order valence-electron chi connectivity index (χ1n) is 8.96. The van der Waals surface area contributed by atoms with Crippen molar-refractivity contribution in [3.8, 4) is 11.5 Å². The molecule has 0 aliphatic carbocycles. The number of hydrogen-bond acceptors (Lipinski definition) is 6. The molecular weight excluding hydrogens is 376 g/mol. The van der Waals surface area contributed by atoms with Gasteiger partial charge in [-0.2, -0.15) is 0 Å². The van der Waals surface area contributed by atoms with E-state index in [9.17, 15) is 14.4 Å². The second-order valence-corrected chi connectivity index (χ2v) is 6.12. The van der Waals surface area contributed by atoms with Crippen LogP contribution in [0.5, 0.6) is 11.5 Å². The Balaban J connectivity index is 1.47. The summed E-state index contributed by atoms with van der Waals surface area (Å²) < 4.78 is 16.0. The lowest BCUT2D eigenvalue weighted by atomic mass is 10.2. The molecule has 2 aromatic rings. The summed E-state index contributed by atoms with van der Waals surface area (Å²) in [6.45, 7) is 2.37. The standard InChI is InChI=1S/C21H20N2O6/c1-14(20(25)22-23-21(26)16-5-3-2-4-6-16)29-19(24)10-8-15-7-9-17-18(13-15)28-12-11-27-17/h2-10,13-14H,11-12H2,1H3,(H,22,25)(H,23,26)/b10-8+/t14-/m1/s1. The first-order valence-corrected chi connectivity index (χ1v) is 8.96. The molecule has 1 heterocycles. The van der Waals surface area contributed by atoms with Crippen LogP contribution in [0.2, 0.25) is 0 Å². The summed E-state index contributed by atoms with van der Waals surface area (Å²) in [6, 6.07) is 13.7. The lowest BCUT2D eigenvalue weighted by Crippen LogP contribution is -2.46. The van der Waals surface area contributed by atoms with Crippen LogP contribution in [0.25, 0.3) is 6.08 Å². The third-order valence-corrected chi connectivity index (χ3v) is 3.98. The molecule has 2 aromatic carbocycles. The molecule has 0 bridgehead atoms. The van der Waals surface area contributed by atoms with Gasteiger partial charge in [0.1, 0.15) is 13.2 Å². The van der Waals surface area contributed by atoms with Crippen molar-refractivity contribution in [2.75, 3.05) is 13.2 Å². The zero-order valence-corrected chi connectivity index (χ0v) is 15.7. The van der Waals surface area contributed by atoms with E-state index >= 15 is 0 Å². The number of carbonyl (C=O) groups is 3. The van der Waals surface area contributed by atoms with Crippen LogP contribution in [0.1, 0.15) is 22.8 Å². The molecule has 1 aliphatic heterocycles. The Morgan fingerprint density at radius 2 is 1.72 bits per heavy atom. The molecule has 0 unspecified atom stereocenters. The average Bonchev–Trinajstić information content (AvgIpc) is 2.76. The lowest BCUT2D eigenvalue weighted by Gasteiger charge is -2.18. The molecule has 2 amide bonds. The summed E-state index contributed by atoms with van der Waals surface area (Å²) in [5.41, 5.74) is 5.60. The molecule has 0 radical (unpaired) electrons. The third kappa shape index (κ3) is 5.58. The minimum Gasteiger partial charge on any atom is -0.486 e. The molecule has 2 N–H and O–H groups in total. The van der Waals surface area contributed by atoms with Gasteiger partial charge in [0, 0.05) is 11.6 Å². The molecule has 8 heteroatoms. The second-order valence-electron chi connectivity index (χ2n) is 6.12. The highest BCUT2D eigenvalue weighted by atomic mass is 16.6. The Morgan fingerprint density at radius 1 is 1.00 bits per heavy atom. The Hall–Kier alpha value is -3.81. The van der Waals surface area contributed by atoms with Crippen LogP contribution in [0.15, 0.2) is 54.6 Å². The topological polar surface area (TPSA) is 103 Å². The van der Waals surface area contributed by atoms with Gasteiger partial charge < -0.3 is 14.2 Å². The summed E-state index contributed by atoms with van der Waals surface area (Å²) in [7, 11) is 0. The lowest BCUT2D eigenvalue weighted by molar-refractivity contribution is -0.150. The van der Waals surface area contributed by atoms with E-state index in [2.05, 4.69) is 10.9 Å². The van der Waals surface area contributed by atoms with Crippen LogP contribution >= 0.6 is 0 Å². The molecule has 0 saturated heterocycles. The van der Waals surface area contributed by atoms with Crippen molar-refractivity contribution in [1.82, 2.24) is 10.9 Å². The van der Waals surface area contributed by atoms with E-state index < -0.39 is 23.9 Å². The Kier molecular flexibility index (Phi) is 6.47. The van der Waals surface area contributed by atoms with Crippen molar-refractivity contribution in [3.05, 3.63) is 65.7 Å². The SMILES string of the molecule is C[C@@H](OC(=O)/C=C/c1ccc2c(c1)OCCO2)C(=O)NNC(=O)c1ccccc1. The molecule has 0 fully saturated rings. The Bertz CT molecular complexity index is 926. The Labute approximate surface area is 167 Å². The van der Waals surface area contributed by atoms with Gasteiger partial charge in [-0.05, 0) is 42.8 Å². The number of benzene rings is 2. The van der Waals surface area contributed by atoms with Crippen molar-refractivity contribution in [1.29, 1.82) is 0 Å². The van der Waals surface area contributed by atoms with E-state index in [4.69, 9.17) is 14.2 Å². The van der Waals surface area contributed by atoms with Gasteiger partial charge in [0.2, 0.25) is 0 Å². The second kappa shape index (κ2) is 9.41. The predicted molar refractivity (Wildman–Crippen MR) is 104 cm³/mol. The van der Waals surface area contributed by atoms with Gasteiger partial charge in [0.15, 0.2) is 17.6 Å². The molecule has 150 valence electrons. The van der Waals surface area contributed by atoms with Crippen molar-refractivity contribution in [2.45, 2.75) is 13.0 Å². The molecule has 3 rings (SSSR count). The molecule has 8 nitrogen and oxygen atoms in total. The minimum atomic E-state index is -1.09. The number of hydrogen-bond donors (Lipinski definition) is 2. The van der Waals surface area contributed by atoms with E-state index in [0.29, 0.717) is 30.3 Å². The van der Waals surface area contributed by atoms with E-state index in [1.54, 1.807) is 54.6 Å². The molecule has 0 spiro atoms. The highest BCUT2D eigenvalue weighted by Crippen LogP contribution is 2.31. The maximum atomic E-state index is 12.0. The van der Waals surface area contributed by atoms with Crippen molar-refractivity contribution < 1.29 is 28.6 Å². The van der Waals surface area contributed by atoms with Gasteiger partial charge >= 0.3 is 5.97 Å². The fraction of sp³-hybridized carbons (Fsp3) is 0.190. The predicted octanol–water partition coefficient (Wildman–Crippen LogP) is 1.86. The minimum absolute atomic E-state index is 0.389. The van der Waals surface area contributed by atoms with Gasteiger partial charge in [0.05, 0.1) is 0 Å². The summed E-state index contributed by atoms with van der Waals surface area (Å²) in [6.07, 6.45) is 1.66. The fourth-order valence-electron chi connectivity index (χ4n) is 2.48. The zero-order chi connectivity index (χ0) is 20.6. The monoisotopic (exact) mass is 396 g/mol. The van der Waals surface area contributed by atoms with Crippen molar-refractivity contribution >= 4 is 23.9 Å². The largest absolute Gasteiger partial charge is 0.486 e. The zero-order valence-electron chi connectivity index (χ0n) is 15.7. The van der Waals surface area contributed by atoms with E-state index in [0.717, 1.165) is 5.56 Å². The van der Waals surface area contributed by atoms with Gasteiger partial charge in [-0.1, -0.05) is 24.3 Å². The summed E-state index contributed by atoms with van der Waals surface area (Å²) in [5, 5.41) is 0. The summed E-state index contributed by atoms with van der Waals surface area (Å²) in [5.74, 6) is -0.573. The molecule has 0 saturated carbocycles. The summed E-state index contributed by atoms with van der Waals surface area (Å²) >= 11 is 0. The number of hydrazine groups is 1. The molecular formula is C21H20N2O6. The van der Waals surface area contributed by atoms with Crippen LogP contribution in [-0.4, -0.2) is 37.1 Å². The first-order chi connectivity index (χ1) is 14.0. The molecule has 1 atom stereocenters. The van der Waals surface area contributed by atoms with E-state index in [-0.39, 0.29) is 0 Å². The quantitative estimate of drug-likeness (QED) is 0.454. The number of amides is 2. The molecule has 29 heavy (non-hydrogen) atoms. The van der Waals surface area contributed by atoms with Crippen molar-refractivity contribution in [2.24, 2.45) is 0 Å². The number of fused-ring (bicyclic) bond motifs is 1. The van der Waals surface area contributed by atoms with Crippen LogP contribution in [0, 0.1) is 0 Å². The number of esters is 1. The number of rotatable bonds is 5. The Morgan fingerprint density at radius 3 is 2.48 bits per heavy atom. The smallest absolute Gasteiger partial charge is 0.331 e. The van der Waals surface area contributed by atoms with Crippen LogP contribution in [-0.2, 0) is 14.3 Å². The summed E-state index contributed by atoms with van der Waals surface area (Å²) in [4.78, 5) is 35.8. The van der Waals surface area contributed by atoms with Crippen LogP contribution < -0.4 is 20.3 Å². The molecule has 0 aromatic heterocycles. The fourth-order valence-corrected chi connectivity index (χ4v) is 2.48. The maximum absolute atomic E-state index is 12.0. The number of nitrogens with one attached hydrogen (secondary N) is 2. The van der Waals surface area contributed by atoms with Crippen LogP contribution in [0.3, 0.4) is 0 Å². The number of carbonyl (C=O) groups excluding carboxylic acids is 3. The van der Waals surface area contributed by atoms with Crippen LogP contribution in [0.4, 0.5) is 0 Å². The first kappa shape index (κ1) is 19.9. The number of ether oxygens (including phenoxy) is 3. The van der Waals surface area contributed by atoms with Crippen molar-refractivity contribution in [3.63, 3.8) is 0 Å².